The Bertz CT molecular complexity index is 450. The van der Waals surface area contributed by atoms with E-state index in [1.165, 1.54) is 0 Å². The maximum Gasteiger partial charge on any atom is 0.314 e. The second-order valence-corrected chi connectivity index (χ2v) is 4.60. The first-order valence-corrected chi connectivity index (χ1v) is 5.47. The number of halogens is 1. The highest BCUT2D eigenvalue weighted by Gasteiger charge is 2.52. The highest BCUT2D eigenvalue weighted by molar-refractivity contribution is 6.30. The summed E-state index contributed by atoms with van der Waals surface area (Å²) >= 11 is 5.97. The summed E-state index contributed by atoms with van der Waals surface area (Å²) in [6, 6.07) is 3.44. The van der Waals surface area contributed by atoms with Crippen LogP contribution in [0.3, 0.4) is 0 Å². The van der Waals surface area contributed by atoms with Gasteiger partial charge in [0.25, 0.3) is 0 Å². The van der Waals surface area contributed by atoms with Gasteiger partial charge in [-0.3, -0.25) is 4.79 Å². The van der Waals surface area contributed by atoms with Crippen LogP contribution in [-0.2, 0) is 10.2 Å². The fraction of sp³-hybridized carbons (Fsp3) is 0.417. The van der Waals surface area contributed by atoms with Gasteiger partial charge in [-0.25, -0.2) is 0 Å². The van der Waals surface area contributed by atoms with Gasteiger partial charge in [-0.15, -0.1) is 0 Å². The SMILES string of the molecule is COc1cc(Cl)cc(C2(C(=O)O)CC2)c1C. The molecule has 0 amide bonds. The number of hydrogen-bond donors (Lipinski definition) is 1. The molecule has 1 N–H and O–H groups in total. The normalized spacial score (nSPS) is 16.9. The molecular formula is C12H13ClO3. The zero-order valence-electron chi connectivity index (χ0n) is 9.21. The topological polar surface area (TPSA) is 46.5 Å². The van der Waals surface area contributed by atoms with Gasteiger partial charge in [0.2, 0.25) is 0 Å². The Labute approximate surface area is 99.0 Å². The number of carboxylic acids is 1. The summed E-state index contributed by atoms with van der Waals surface area (Å²) in [4.78, 5) is 11.3. The number of ether oxygens (including phenoxy) is 1. The monoisotopic (exact) mass is 240 g/mol. The van der Waals surface area contributed by atoms with Crippen molar-refractivity contribution in [2.75, 3.05) is 7.11 Å². The van der Waals surface area contributed by atoms with E-state index in [1.54, 1.807) is 19.2 Å². The van der Waals surface area contributed by atoms with Crippen LogP contribution >= 0.6 is 11.6 Å². The van der Waals surface area contributed by atoms with Gasteiger partial charge in [-0.2, -0.15) is 0 Å². The van der Waals surface area contributed by atoms with E-state index in [2.05, 4.69) is 0 Å². The smallest absolute Gasteiger partial charge is 0.314 e. The van der Waals surface area contributed by atoms with E-state index < -0.39 is 11.4 Å². The molecule has 1 aliphatic rings. The Morgan fingerprint density at radius 3 is 2.56 bits per heavy atom. The van der Waals surface area contributed by atoms with Crippen molar-refractivity contribution in [3.05, 3.63) is 28.3 Å². The first-order chi connectivity index (χ1) is 7.51. The number of rotatable bonds is 3. The number of methoxy groups -OCH3 is 1. The molecule has 0 spiro atoms. The Balaban J connectivity index is 2.57. The third-order valence-corrected chi connectivity index (χ3v) is 3.44. The van der Waals surface area contributed by atoms with Gasteiger partial charge in [0, 0.05) is 5.02 Å². The van der Waals surface area contributed by atoms with Gasteiger partial charge < -0.3 is 9.84 Å². The first kappa shape index (κ1) is 11.3. The number of hydrogen-bond acceptors (Lipinski definition) is 2. The van der Waals surface area contributed by atoms with Gasteiger partial charge in [0.15, 0.2) is 0 Å². The summed E-state index contributed by atoms with van der Waals surface area (Å²) in [7, 11) is 1.56. The molecule has 3 nitrogen and oxygen atoms in total. The lowest BCUT2D eigenvalue weighted by molar-refractivity contribution is -0.140. The molecule has 0 bridgehead atoms. The lowest BCUT2D eigenvalue weighted by Crippen LogP contribution is -2.20. The molecule has 1 saturated carbocycles. The fourth-order valence-corrected chi connectivity index (χ4v) is 2.29. The molecule has 1 aromatic rings. The summed E-state index contributed by atoms with van der Waals surface area (Å²) in [5, 5.41) is 9.77. The van der Waals surface area contributed by atoms with Crippen LogP contribution < -0.4 is 4.74 Å². The summed E-state index contributed by atoms with van der Waals surface area (Å²) in [6.45, 7) is 1.87. The highest BCUT2D eigenvalue weighted by atomic mass is 35.5. The highest BCUT2D eigenvalue weighted by Crippen LogP contribution is 2.51. The largest absolute Gasteiger partial charge is 0.496 e. The van der Waals surface area contributed by atoms with Crippen LogP contribution in [-0.4, -0.2) is 18.2 Å². The molecule has 4 heteroatoms. The first-order valence-electron chi connectivity index (χ1n) is 5.09. The second-order valence-electron chi connectivity index (χ2n) is 4.17. The Hall–Kier alpha value is -1.22. The molecule has 86 valence electrons. The van der Waals surface area contributed by atoms with E-state index in [1.807, 2.05) is 6.92 Å². The van der Waals surface area contributed by atoms with Crippen molar-refractivity contribution in [1.82, 2.24) is 0 Å². The van der Waals surface area contributed by atoms with Crippen molar-refractivity contribution in [2.45, 2.75) is 25.2 Å². The van der Waals surface area contributed by atoms with Crippen molar-refractivity contribution in [2.24, 2.45) is 0 Å². The van der Waals surface area contributed by atoms with Gasteiger partial charge in [0.05, 0.1) is 12.5 Å². The van der Waals surface area contributed by atoms with E-state index in [0.717, 1.165) is 11.1 Å². The van der Waals surface area contributed by atoms with Crippen molar-refractivity contribution in [1.29, 1.82) is 0 Å². The van der Waals surface area contributed by atoms with Crippen LogP contribution in [0.1, 0.15) is 24.0 Å². The zero-order valence-corrected chi connectivity index (χ0v) is 9.97. The zero-order chi connectivity index (χ0) is 11.9. The third-order valence-electron chi connectivity index (χ3n) is 3.22. The Kier molecular flexibility index (Phi) is 2.58. The third kappa shape index (κ3) is 1.55. The molecule has 0 unspecified atom stereocenters. The van der Waals surface area contributed by atoms with E-state index in [0.29, 0.717) is 23.6 Å². The molecule has 0 atom stereocenters. The standard InChI is InChI=1S/C12H13ClO3/c1-7-9(12(3-4-12)11(14)15)5-8(13)6-10(7)16-2/h5-6H,3-4H2,1-2H3,(H,14,15). The summed E-state index contributed by atoms with van der Waals surface area (Å²) in [6.07, 6.45) is 1.35. The number of carbonyl (C=O) groups is 1. The number of aliphatic carboxylic acids is 1. The van der Waals surface area contributed by atoms with E-state index in [9.17, 15) is 9.90 Å². The van der Waals surface area contributed by atoms with Crippen molar-refractivity contribution < 1.29 is 14.6 Å². The van der Waals surface area contributed by atoms with Gasteiger partial charge in [0.1, 0.15) is 5.75 Å². The molecule has 1 aromatic carbocycles. The minimum absolute atomic E-state index is 0.518. The van der Waals surface area contributed by atoms with Crippen LogP contribution in [0.25, 0.3) is 0 Å². The average molecular weight is 241 g/mol. The van der Waals surface area contributed by atoms with Crippen molar-refractivity contribution in [3.63, 3.8) is 0 Å². The van der Waals surface area contributed by atoms with Crippen LogP contribution in [0, 0.1) is 6.92 Å². The molecule has 0 aromatic heterocycles. The Morgan fingerprint density at radius 2 is 2.12 bits per heavy atom. The summed E-state index contributed by atoms with van der Waals surface area (Å²) in [5.41, 5.74) is 0.915. The molecule has 0 heterocycles. The molecule has 1 fully saturated rings. The molecular weight excluding hydrogens is 228 g/mol. The maximum absolute atomic E-state index is 11.3. The van der Waals surface area contributed by atoms with Gasteiger partial charge in [-0.05, 0) is 43.0 Å². The van der Waals surface area contributed by atoms with Gasteiger partial charge in [-0.1, -0.05) is 11.6 Å². The molecule has 0 aliphatic heterocycles. The molecule has 0 saturated heterocycles. The molecule has 2 rings (SSSR count). The van der Waals surface area contributed by atoms with Gasteiger partial charge >= 0.3 is 5.97 Å². The number of carboxylic acid groups (broad SMARTS) is 1. The predicted octanol–water partition coefficient (Wildman–Crippen LogP) is 2.77. The van der Waals surface area contributed by atoms with Crippen LogP contribution in [0.15, 0.2) is 12.1 Å². The Morgan fingerprint density at radius 1 is 1.50 bits per heavy atom. The predicted molar refractivity (Wildman–Crippen MR) is 61.3 cm³/mol. The summed E-state index contributed by atoms with van der Waals surface area (Å²) in [5.74, 6) is -0.130. The molecule has 1 aliphatic carbocycles. The van der Waals surface area contributed by atoms with E-state index >= 15 is 0 Å². The van der Waals surface area contributed by atoms with Crippen LogP contribution in [0.2, 0.25) is 5.02 Å². The summed E-state index contributed by atoms with van der Waals surface area (Å²) < 4.78 is 5.19. The van der Waals surface area contributed by atoms with Crippen LogP contribution in [0.4, 0.5) is 0 Å². The fourth-order valence-electron chi connectivity index (χ4n) is 2.09. The van der Waals surface area contributed by atoms with Crippen molar-refractivity contribution in [3.8, 4) is 5.75 Å². The van der Waals surface area contributed by atoms with Crippen LogP contribution in [0.5, 0.6) is 5.75 Å². The number of benzene rings is 1. The quantitative estimate of drug-likeness (QED) is 0.884. The second kappa shape index (κ2) is 3.67. The minimum Gasteiger partial charge on any atom is -0.496 e. The lowest BCUT2D eigenvalue weighted by atomic mass is 9.91. The minimum atomic E-state index is -0.778. The van der Waals surface area contributed by atoms with E-state index in [4.69, 9.17) is 16.3 Å². The molecule has 16 heavy (non-hydrogen) atoms. The maximum atomic E-state index is 11.3. The average Bonchev–Trinajstić information content (AvgIpc) is 3.02. The lowest BCUT2D eigenvalue weighted by Gasteiger charge is -2.16. The van der Waals surface area contributed by atoms with Crippen molar-refractivity contribution >= 4 is 17.6 Å². The van der Waals surface area contributed by atoms with E-state index in [-0.39, 0.29) is 0 Å². The molecule has 0 radical (unpaired) electrons.